The Hall–Kier alpha value is -2.81. The number of ether oxygens (including phenoxy) is 1. The van der Waals surface area contributed by atoms with Gasteiger partial charge in [-0.25, -0.2) is 9.78 Å². The van der Waals surface area contributed by atoms with Crippen LogP contribution in [0.25, 0.3) is 0 Å². The standard InChI is InChI=1S/C25H33N3O5S/c1-4-9-25(10-5-2)15-20(29)22(23(30)33-25)24(11-12-24)14-18-7-6-8-19(13-18)27-34(31,32)21-16-28(3)17-26-21/h6-8,13,16-17,27,29H,4-5,9-12,14-15H2,1-3H3. The highest BCUT2D eigenvalue weighted by atomic mass is 32.2. The van der Waals surface area contributed by atoms with Gasteiger partial charge in [-0.1, -0.05) is 38.8 Å². The third kappa shape index (κ3) is 4.85. The van der Waals surface area contributed by atoms with Crippen LogP contribution in [0, 0.1) is 5.41 Å². The Morgan fingerprint density at radius 1 is 1.21 bits per heavy atom. The fourth-order valence-corrected chi connectivity index (χ4v) is 6.20. The second kappa shape index (κ2) is 9.09. The van der Waals surface area contributed by atoms with Crippen LogP contribution in [0.1, 0.15) is 64.4 Å². The van der Waals surface area contributed by atoms with Gasteiger partial charge in [0.1, 0.15) is 11.4 Å². The van der Waals surface area contributed by atoms with E-state index in [1.807, 2.05) is 6.07 Å². The molecule has 0 radical (unpaired) electrons. The highest BCUT2D eigenvalue weighted by Crippen LogP contribution is 2.57. The van der Waals surface area contributed by atoms with Gasteiger partial charge in [-0.15, -0.1) is 0 Å². The van der Waals surface area contributed by atoms with E-state index in [-0.39, 0.29) is 10.8 Å². The number of imidazole rings is 1. The average Bonchev–Trinajstić information content (AvgIpc) is 3.35. The molecule has 0 bridgehead atoms. The molecule has 1 fully saturated rings. The zero-order valence-corrected chi connectivity index (χ0v) is 20.8. The normalized spacial score (nSPS) is 19.1. The lowest BCUT2D eigenvalue weighted by atomic mass is 9.80. The van der Waals surface area contributed by atoms with Crippen molar-refractivity contribution in [1.29, 1.82) is 0 Å². The van der Waals surface area contributed by atoms with E-state index in [1.165, 1.54) is 12.5 Å². The summed E-state index contributed by atoms with van der Waals surface area (Å²) in [5, 5.41) is 10.9. The van der Waals surface area contributed by atoms with Gasteiger partial charge in [0.2, 0.25) is 0 Å². The van der Waals surface area contributed by atoms with Crippen LogP contribution in [0.2, 0.25) is 0 Å². The van der Waals surface area contributed by atoms with Gasteiger partial charge in [-0.3, -0.25) is 4.72 Å². The quantitative estimate of drug-likeness (QED) is 0.472. The number of hydrogen-bond donors (Lipinski definition) is 2. The zero-order valence-electron chi connectivity index (χ0n) is 20.0. The third-order valence-electron chi connectivity index (χ3n) is 6.76. The molecule has 2 N–H and O–H groups in total. The number of anilines is 1. The van der Waals surface area contributed by atoms with Gasteiger partial charge >= 0.3 is 5.97 Å². The van der Waals surface area contributed by atoms with E-state index < -0.39 is 27.0 Å². The largest absolute Gasteiger partial charge is 0.512 e. The molecule has 2 aromatic rings. The summed E-state index contributed by atoms with van der Waals surface area (Å²) in [7, 11) is -2.10. The van der Waals surface area contributed by atoms with E-state index in [4.69, 9.17) is 4.74 Å². The molecule has 0 saturated heterocycles. The number of esters is 1. The van der Waals surface area contributed by atoms with E-state index in [0.717, 1.165) is 44.1 Å². The molecular formula is C25H33N3O5S. The van der Waals surface area contributed by atoms with Crippen LogP contribution in [0.4, 0.5) is 5.69 Å². The van der Waals surface area contributed by atoms with Crippen LogP contribution in [0.3, 0.4) is 0 Å². The maximum Gasteiger partial charge on any atom is 0.338 e. The lowest BCUT2D eigenvalue weighted by Crippen LogP contribution is -2.42. The molecule has 9 heteroatoms. The lowest BCUT2D eigenvalue weighted by molar-refractivity contribution is -0.162. The van der Waals surface area contributed by atoms with Gasteiger partial charge < -0.3 is 14.4 Å². The van der Waals surface area contributed by atoms with Crippen molar-refractivity contribution >= 4 is 21.7 Å². The van der Waals surface area contributed by atoms with E-state index >= 15 is 0 Å². The summed E-state index contributed by atoms with van der Waals surface area (Å²) in [6.45, 7) is 4.11. The Bertz CT molecular complexity index is 1200. The summed E-state index contributed by atoms with van der Waals surface area (Å²) in [5.74, 6) is -0.252. The summed E-state index contributed by atoms with van der Waals surface area (Å²) in [6.07, 6.45) is 8.53. The summed E-state index contributed by atoms with van der Waals surface area (Å²) in [5.41, 5.74) is 0.617. The van der Waals surface area contributed by atoms with Gasteiger partial charge in [0, 0.05) is 30.8 Å². The van der Waals surface area contributed by atoms with Crippen LogP contribution in [-0.2, 0) is 33.0 Å². The van der Waals surface area contributed by atoms with Crippen LogP contribution in [0.15, 0.2) is 53.1 Å². The molecule has 1 aliphatic carbocycles. The minimum absolute atomic E-state index is 0.0539. The first-order valence-electron chi connectivity index (χ1n) is 11.9. The van der Waals surface area contributed by atoms with Gasteiger partial charge in [0.25, 0.3) is 10.0 Å². The predicted octanol–water partition coefficient (Wildman–Crippen LogP) is 4.64. The fraction of sp³-hybridized carbons (Fsp3) is 0.520. The minimum Gasteiger partial charge on any atom is -0.512 e. The second-order valence-corrected chi connectivity index (χ2v) is 11.3. The van der Waals surface area contributed by atoms with Crippen molar-refractivity contribution in [3.8, 4) is 0 Å². The Balaban J connectivity index is 1.55. The maximum absolute atomic E-state index is 13.1. The van der Waals surface area contributed by atoms with Crippen molar-refractivity contribution in [1.82, 2.24) is 9.55 Å². The summed E-state index contributed by atoms with van der Waals surface area (Å²) >= 11 is 0. The number of nitrogens with one attached hydrogen (secondary N) is 1. The number of carbonyl (C=O) groups is 1. The Morgan fingerprint density at radius 2 is 1.91 bits per heavy atom. The monoisotopic (exact) mass is 487 g/mol. The smallest absolute Gasteiger partial charge is 0.338 e. The molecule has 4 rings (SSSR count). The van der Waals surface area contributed by atoms with Gasteiger partial charge in [-0.2, -0.15) is 8.42 Å². The highest BCUT2D eigenvalue weighted by Gasteiger charge is 2.54. The Kier molecular flexibility index (Phi) is 6.50. The van der Waals surface area contributed by atoms with E-state index in [0.29, 0.717) is 24.1 Å². The average molecular weight is 488 g/mol. The van der Waals surface area contributed by atoms with Crippen molar-refractivity contribution in [3.05, 3.63) is 53.7 Å². The molecule has 8 nitrogen and oxygen atoms in total. The molecule has 0 amide bonds. The topological polar surface area (TPSA) is 111 Å². The van der Waals surface area contributed by atoms with Crippen LogP contribution in [0.5, 0.6) is 0 Å². The van der Waals surface area contributed by atoms with Gasteiger partial charge in [-0.05, 0) is 49.8 Å². The molecule has 1 saturated carbocycles. The third-order valence-corrected chi connectivity index (χ3v) is 8.03. The molecule has 0 atom stereocenters. The fourth-order valence-electron chi connectivity index (χ4n) is 5.17. The Morgan fingerprint density at radius 3 is 2.47 bits per heavy atom. The summed E-state index contributed by atoms with van der Waals surface area (Å²) in [6, 6.07) is 7.13. The first-order chi connectivity index (χ1) is 16.1. The van der Waals surface area contributed by atoms with Crippen molar-refractivity contribution in [3.63, 3.8) is 0 Å². The number of benzene rings is 1. The molecule has 34 heavy (non-hydrogen) atoms. The van der Waals surface area contributed by atoms with E-state index in [1.54, 1.807) is 29.8 Å². The van der Waals surface area contributed by atoms with Crippen molar-refractivity contribution in [2.24, 2.45) is 12.5 Å². The number of carbonyl (C=O) groups excluding carboxylic acids is 1. The molecule has 2 heterocycles. The van der Waals surface area contributed by atoms with E-state index in [2.05, 4.69) is 23.6 Å². The van der Waals surface area contributed by atoms with Crippen molar-refractivity contribution in [2.75, 3.05) is 4.72 Å². The number of rotatable bonds is 10. The molecule has 1 aromatic carbocycles. The second-order valence-electron chi connectivity index (χ2n) is 9.71. The SMILES string of the molecule is CCCC1(CCC)CC(O)=C(C2(Cc3cccc(NS(=O)(=O)c4cn(C)cn4)c3)CC2)C(=O)O1. The minimum atomic E-state index is -3.80. The number of aliphatic hydroxyl groups excluding tert-OH is 1. The number of aromatic nitrogens is 2. The number of aryl methyl sites for hydroxylation is 1. The molecule has 2 aliphatic rings. The molecule has 0 spiro atoms. The van der Waals surface area contributed by atoms with E-state index in [9.17, 15) is 18.3 Å². The Labute approximate surface area is 201 Å². The molecular weight excluding hydrogens is 454 g/mol. The van der Waals surface area contributed by atoms with Crippen molar-refractivity contribution < 1.29 is 23.1 Å². The van der Waals surface area contributed by atoms with Crippen LogP contribution >= 0.6 is 0 Å². The number of hydrogen-bond acceptors (Lipinski definition) is 6. The van der Waals surface area contributed by atoms with Crippen LogP contribution < -0.4 is 4.72 Å². The summed E-state index contributed by atoms with van der Waals surface area (Å²) < 4.78 is 35.4. The summed E-state index contributed by atoms with van der Waals surface area (Å²) in [4.78, 5) is 17.0. The molecule has 1 aromatic heterocycles. The number of cyclic esters (lactones) is 1. The van der Waals surface area contributed by atoms with Crippen LogP contribution in [-0.4, -0.2) is 34.6 Å². The maximum atomic E-state index is 13.1. The first-order valence-corrected chi connectivity index (χ1v) is 13.4. The zero-order chi connectivity index (χ0) is 24.6. The highest BCUT2D eigenvalue weighted by molar-refractivity contribution is 7.92. The van der Waals surface area contributed by atoms with Crippen molar-refractivity contribution in [2.45, 2.75) is 75.8 Å². The number of sulfonamides is 1. The molecule has 1 aliphatic heterocycles. The molecule has 0 unspecified atom stereocenters. The van der Waals surface area contributed by atoms with Gasteiger partial charge in [0.05, 0.1) is 11.9 Å². The number of aliphatic hydroxyl groups is 1. The predicted molar refractivity (Wildman–Crippen MR) is 129 cm³/mol. The number of nitrogens with zero attached hydrogens (tertiary/aromatic N) is 2. The van der Waals surface area contributed by atoms with Gasteiger partial charge in [0.15, 0.2) is 5.03 Å². The molecule has 184 valence electrons. The lowest BCUT2D eigenvalue weighted by Gasteiger charge is -2.38. The first kappa shape index (κ1) is 24.3.